The minimum Gasteiger partial charge on any atom is -0.326 e. The highest BCUT2D eigenvalue weighted by Gasteiger charge is 2.27. The molecule has 2 aromatic rings. The molecule has 120 valence electrons. The maximum atomic E-state index is 12.5. The Morgan fingerprint density at radius 1 is 1.26 bits per heavy atom. The van der Waals surface area contributed by atoms with Crippen LogP contribution in [0.15, 0.2) is 34.3 Å². The number of fused-ring (bicyclic) bond motifs is 1. The second-order valence-electron chi connectivity index (χ2n) is 6.01. The SMILES string of the molecule is Cc1cc(C)cc(NC(=O)C2CSc3ncc(C)c(=O)n3C2)c1. The number of carbonyl (C=O) groups is 1. The van der Waals surface area contributed by atoms with Crippen LogP contribution in [0.25, 0.3) is 0 Å². The van der Waals surface area contributed by atoms with Crippen molar-refractivity contribution >= 4 is 23.4 Å². The Morgan fingerprint density at radius 2 is 1.96 bits per heavy atom. The van der Waals surface area contributed by atoms with Crippen molar-refractivity contribution in [1.29, 1.82) is 0 Å². The van der Waals surface area contributed by atoms with Gasteiger partial charge in [0.1, 0.15) is 0 Å². The summed E-state index contributed by atoms with van der Waals surface area (Å²) in [5.74, 6) is 0.336. The molecule has 0 saturated heterocycles. The summed E-state index contributed by atoms with van der Waals surface area (Å²) in [6.07, 6.45) is 1.59. The van der Waals surface area contributed by atoms with Crippen LogP contribution in [0.1, 0.15) is 16.7 Å². The number of nitrogens with one attached hydrogen (secondary N) is 1. The van der Waals surface area contributed by atoms with Gasteiger partial charge in [-0.25, -0.2) is 4.98 Å². The normalized spacial score (nSPS) is 16.7. The van der Waals surface area contributed by atoms with E-state index in [2.05, 4.69) is 16.4 Å². The van der Waals surface area contributed by atoms with E-state index in [1.807, 2.05) is 26.0 Å². The molecule has 1 amide bonds. The van der Waals surface area contributed by atoms with Crippen LogP contribution < -0.4 is 10.9 Å². The Hall–Kier alpha value is -2.08. The number of carbonyl (C=O) groups excluding carboxylic acids is 1. The Labute approximate surface area is 139 Å². The molecule has 3 rings (SSSR count). The molecule has 1 N–H and O–H groups in total. The highest BCUT2D eigenvalue weighted by molar-refractivity contribution is 7.99. The fourth-order valence-electron chi connectivity index (χ4n) is 2.75. The molecule has 0 radical (unpaired) electrons. The average Bonchev–Trinajstić information content (AvgIpc) is 2.49. The summed E-state index contributed by atoms with van der Waals surface area (Å²) in [5, 5.41) is 3.66. The predicted octanol–water partition coefficient (Wildman–Crippen LogP) is 2.53. The van der Waals surface area contributed by atoms with E-state index in [4.69, 9.17) is 0 Å². The summed E-state index contributed by atoms with van der Waals surface area (Å²) in [5.41, 5.74) is 3.56. The van der Waals surface area contributed by atoms with Crippen molar-refractivity contribution in [3.05, 3.63) is 51.4 Å². The lowest BCUT2D eigenvalue weighted by molar-refractivity contribution is -0.119. The molecule has 6 heteroatoms. The Kier molecular flexibility index (Phi) is 4.26. The molecule has 1 atom stereocenters. The third kappa shape index (κ3) is 3.32. The maximum absolute atomic E-state index is 12.5. The highest BCUT2D eigenvalue weighted by Crippen LogP contribution is 2.26. The minimum atomic E-state index is -0.241. The maximum Gasteiger partial charge on any atom is 0.257 e. The zero-order valence-corrected chi connectivity index (χ0v) is 14.2. The number of hydrogen-bond donors (Lipinski definition) is 1. The fraction of sp³-hybridized carbons (Fsp3) is 0.353. The van der Waals surface area contributed by atoms with Gasteiger partial charge < -0.3 is 5.32 Å². The Bertz CT molecular complexity index is 809. The molecule has 1 aliphatic heterocycles. The number of thioether (sulfide) groups is 1. The van der Waals surface area contributed by atoms with Crippen molar-refractivity contribution in [2.24, 2.45) is 5.92 Å². The summed E-state index contributed by atoms with van der Waals surface area (Å²) in [6, 6.07) is 5.97. The monoisotopic (exact) mass is 329 g/mol. The zero-order valence-electron chi connectivity index (χ0n) is 13.4. The zero-order chi connectivity index (χ0) is 16.6. The van der Waals surface area contributed by atoms with Gasteiger partial charge in [0.2, 0.25) is 5.91 Å². The first kappa shape index (κ1) is 15.8. The van der Waals surface area contributed by atoms with Crippen molar-refractivity contribution in [3.63, 3.8) is 0 Å². The van der Waals surface area contributed by atoms with Crippen molar-refractivity contribution < 1.29 is 4.79 Å². The number of amides is 1. The van der Waals surface area contributed by atoms with E-state index in [1.165, 1.54) is 11.8 Å². The van der Waals surface area contributed by atoms with Gasteiger partial charge in [-0.2, -0.15) is 0 Å². The lowest BCUT2D eigenvalue weighted by atomic mass is 10.1. The lowest BCUT2D eigenvalue weighted by Gasteiger charge is -2.24. The summed E-state index contributed by atoms with van der Waals surface area (Å²) in [6.45, 7) is 6.13. The molecule has 1 aromatic carbocycles. The topological polar surface area (TPSA) is 64.0 Å². The van der Waals surface area contributed by atoms with E-state index in [0.29, 0.717) is 23.0 Å². The summed E-state index contributed by atoms with van der Waals surface area (Å²) in [4.78, 5) is 29.0. The highest BCUT2D eigenvalue weighted by atomic mass is 32.2. The molecule has 1 unspecified atom stereocenters. The van der Waals surface area contributed by atoms with Crippen LogP contribution in [0.2, 0.25) is 0 Å². The van der Waals surface area contributed by atoms with E-state index in [0.717, 1.165) is 16.8 Å². The fourth-order valence-corrected chi connectivity index (χ4v) is 3.80. The van der Waals surface area contributed by atoms with Crippen molar-refractivity contribution in [1.82, 2.24) is 9.55 Å². The molecule has 1 aromatic heterocycles. The van der Waals surface area contributed by atoms with E-state index < -0.39 is 0 Å². The summed E-state index contributed by atoms with van der Waals surface area (Å²) < 4.78 is 1.61. The molecular weight excluding hydrogens is 310 g/mol. The first-order valence-corrected chi connectivity index (χ1v) is 8.51. The van der Waals surface area contributed by atoms with Gasteiger partial charge >= 0.3 is 0 Å². The van der Waals surface area contributed by atoms with Gasteiger partial charge in [-0.05, 0) is 44.0 Å². The number of benzene rings is 1. The first-order chi connectivity index (χ1) is 10.9. The van der Waals surface area contributed by atoms with Gasteiger partial charge in [0.05, 0.1) is 5.92 Å². The average molecular weight is 329 g/mol. The minimum absolute atomic E-state index is 0.0541. The van der Waals surface area contributed by atoms with Crippen LogP contribution in [-0.2, 0) is 11.3 Å². The van der Waals surface area contributed by atoms with Gasteiger partial charge in [0.25, 0.3) is 5.56 Å². The molecule has 5 nitrogen and oxygen atoms in total. The van der Waals surface area contributed by atoms with E-state index in [9.17, 15) is 9.59 Å². The molecule has 0 saturated carbocycles. The number of anilines is 1. The summed E-state index contributed by atoms with van der Waals surface area (Å²) >= 11 is 1.46. The second-order valence-corrected chi connectivity index (χ2v) is 7.00. The Morgan fingerprint density at radius 3 is 2.65 bits per heavy atom. The van der Waals surface area contributed by atoms with Crippen LogP contribution in [0, 0.1) is 26.7 Å². The number of hydrogen-bond acceptors (Lipinski definition) is 4. The second kappa shape index (κ2) is 6.20. The molecule has 2 heterocycles. The Balaban J connectivity index is 1.79. The van der Waals surface area contributed by atoms with Crippen LogP contribution >= 0.6 is 11.8 Å². The van der Waals surface area contributed by atoms with E-state index in [-0.39, 0.29) is 17.4 Å². The lowest BCUT2D eigenvalue weighted by Crippen LogP contribution is -2.37. The molecule has 0 fully saturated rings. The molecule has 0 bridgehead atoms. The van der Waals surface area contributed by atoms with Crippen LogP contribution in [0.3, 0.4) is 0 Å². The third-order valence-electron chi connectivity index (χ3n) is 3.86. The number of aromatic nitrogens is 2. The molecule has 0 aliphatic carbocycles. The van der Waals surface area contributed by atoms with Gasteiger partial charge in [-0.1, -0.05) is 17.8 Å². The number of nitrogens with zero attached hydrogens (tertiary/aromatic N) is 2. The largest absolute Gasteiger partial charge is 0.326 e. The van der Waals surface area contributed by atoms with Crippen LogP contribution in [-0.4, -0.2) is 21.2 Å². The quantitative estimate of drug-likeness (QED) is 0.860. The van der Waals surface area contributed by atoms with Crippen LogP contribution in [0.4, 0.5) is 5.69 Å². The summed E-state index contributed by atoms with van der Waals surface area (Å²) in [7, 11) is 0. The van der Waals surface area contributed by atoms with Crippen molar-refractivity contribution in [2.75, 3.05) is 11.1 Å². The van der Waals surface area contributed by atoms with Gasteiger partial charge in [-0.15, -0.1) is 0 Å². The van der Waals surface area contributed by atoms with E-state index in [1.54, 1.807) is 17.7 Å². The number of rotatable bonds is 2. The standard InChI is InChI=1S/C17H19N3O2S/c1-10-4-11(2)6-14(5-10)19-15(21)13-8-20-16(22)12(3)7-18-17(20)23-9-13/h4-7,13H,8-9H2,1-3H3,(H,19,21). The predicted molar refractivity (Wildman–Crippen MR) is 92.0 cm³/mol. The first-order valence-electron chi connectivity index (χ1n) is 7.52. The van der Waals surface area contributed by atoms with Gasteiger partial charge in [0, 0.05) is 29.7 Å². The molecular formula is C17H19N3O2S. The van der Waals surface area contributed by atoms with Gasteiger partial charge in [0.15, 0.2) is 5.16 Å². The smallest absolute Gasteiger partial charge is 0.257 e. The third-order valence-corrected chi connectivity index (χ3v) is 5.01. The molecule has 23 heavy (non-hydrogen) atoms. The van der Waals surface area contributed by atoms with Crippen molar-refractivity contribution in [2.45, 2.75) is 32.5 Å². The van der Waals surface area contributed by atoms with Crippen molar-refractivity contribution in [3.8, 4) is 0 Å². The van der Waals surface area contributed by atoms with Crippen LogP contribution in [0.5, 0.6) is 0 Å². The van der Waals surface area contributed by atoms with Gasteiger partial charge in [-0.3, -0.25) is 14.2 Å². The molecule has 1 aliphatic rings. The molecule has 0 spiro atoms. The number of aryl methyl sites for hydroxylation is 3. The van der Waals surface area contributed by atoms with E-state index >= 15 is 0 Å².